The zero-order valence-electron chi connectivity index (χ0n) is 8.82. The third-order valence-electron chi connectivity index (χ3n) is 2.75. The molecule has 1 aromatic heterocycles. The monoisotopic (exact) mass is 270 g/mol. The molecule has 1 saturated heterocycles. The van der Waals surface area contributed by atoms with Crippen molar-refractivity contribution in [3.63, 3.8) is 0 Å². The van der Waals surface area contributed by atoms with Gasteiger partial charge in [-0.15, -0.1) is 0 Å². The SMILES string of the molecule is COc1cccc(N2CCC(CBr)C2)n1. The Morgan fingerprint density at radius 2 is 2.47 bits per heavy atom. The van der Waals surface area contributed by atoms with Crippen LogP contribution < -0.4 is 9.64 Å². The van der Waals surface area contributed by atoms with Crippen molar-refractivity contribution in [2.75, 3.05) is 30.4 Å². The van der Waals surface area contributed by atoms with Crippen LogP contribution in [0.15, 0.2) is 18.2 Å². The van der Waals surface area contributed by atoms with Crippen LogP contribution in [0, 0.1) is 5.92 Å². The van der Waals surface area contributed by atoms with Gasteiger partial charge < -0.3 is 9.64 Å². The van der Waals surface area contributed by atoms with Gasteiger partial charge in [-0.05, 0) is 18.4 Å². The minimum absolute atomic E-state index is 0.690. The van der Waals surface area contributed by atoms with Crippen LogP contribution in [0.25, 0.3) is 0 Å². The van der Waals surface area contributed by atoms with E-state index in [4.69, 9.17) is 4.74 Å². The van der Waals surface area contributed by atoms with E-state index >= 15 is 0 Å². The number of pyridine rings is 1. The Morgan fingerprint density at radius 1 is 1.60 bits per heavy atom. The molecule has 1 aliphatic heterocycles. The van der Waals surface area contributed by atoms with Gasteiger partial charge in [0, 0.05) is 24.5 Å². The molecule has 2 rings (SSSR count). The summed E-state index contributed by atoms with van der Waals surface area (Å²) in [5.41, 5.74) is 0. The van der Waals surface area contributed by atoms with Gasteiger partial charge in [0.05, 0.1) is 7.11 Å². The normalized spacial score (nSPS) is 20.7. The Kier molecular flexibility index (Phi) is 3.46. The number of rotatable bonds is 3. The average molecular weight is 271 g/mol. The van der Waals surface area contributed by atoms with Gasteiger partial charge >= 0.3 is 0 Å². The summed E-state index contributed by atoms with van der Waals surface area (Å²) >= 11 is 3.53. The molecule has 82 valence electrons. The van der Waals surface area contributed by atoms with Crippen molar-refractivity contribution in [1.29, 1.82) is 0 Å². The van der Waals surface area contributed by atoms with E-state index in [2.05, 4.69) is 25.8 Å². The Balaban J connectivity index is 2.09. The van der Waals surface area contributed by atoms with Gasteiger partial charge in [-0.2, -0.15) is 4.98 Å². The van der Waals surface area contributed by atoms with Crippen LogP contribution in [0.5, 0.6) is 5.88 Å². The molecule has 0 aromatic carbocycles. The highest BCUT2D eigenvalue weighted by Crippen LogP contribution is 2.24. The molecule has 1 fully saturated rings. The second-order valence-corrected chi connectivity index (χ2v) is 4.44. The minimum Gasteiger partial charge on any atom is -0.481 e. The van der Waals surface area contributed by atoms with Crippen molar-refractivity contribution >= 4 is 21.7 Å². The highest BCUT2D eigenvalue weighted by Gasteiger charge is 2.22. The quantitative estimate of drug-likeness (QED) is 0.789. The number of halogens is 1. The molecule has 1 aliphatic rings. The van der Waals surface area contributed by atoms with E-state index in [1.807, 2.05) is 18.2 Å². The first kappa shape index (κ1) is 10.7. The zero-order chi connectivity index (χ0) is 10.7. The van der Waals surface area contributed by atoms with Crippen LogP contribution in [-0.2, 0) is 0 Å². The zero-order valence-corrected chi connectivity index (χ0v) is 10.4. The summed E-state index contributed by atoms with van der Waals surface area (Å²) in [6.45, 7) is 2.18. The summed E-state index contributed by atoms with van der Waals surface area (Å²) in [4.78, 5) is 6.74. The van der Waals surface area contributed by atoms with Gasteiger partial charge in [0.1, 0.15) is 5.82 Å². The van der Waals surface area contributed by atoms with Crippen molar-refractivity contribution in [1.82, 2.24) is 4.98 Å². The van der Waals surface area contributed by atoms with Crippen LogP contribution in [0.1, 0.15) is 6.42 Å². The molecule has 1 unspecified atom stereocenters. The second-order valence-electron chi connectivity index (χ2n) is 3.79. The molecule has 0 bridgehead atoms. The molecule has 0 amide bonds. The first-order chi connectivity index (χ1) is 7.33. The third-order valence-corrected chi connectivity index (χ3v) is 3.66. The first-order valence-electron chi connectivity index (χ1n) is 5.15. The molecular weight excluding hydrogens is 256 g/mol. The number of ether oxygens (including phenoxy) is 1. The number of hydrogen-bond donors (Lipinski definition) is 0. The third kappa shape index (κ3) is 2.43. The molecule has 0 saturated carbocycles. The smallest absolute Gasteiger partial charge is 0.214 e. The molecule has 0 N–H and O–H groups in total. The lowest BCUT2D eigenvalue weighted by Gasteiger charge is -2.17. The van der Waals surface area contributed by atoms with Gasteiger partial charge in [-0.25, -0.2) is 0 Å². The number of anilines is 1. The fourth-order valence-electron chi connectivity index (χ4n) is 1.86. The Morgan fingerprint density at radius 3 is 3.13 bits per heavy atom. The van der Waals surface area contributed by atoms with E-state index in [1.165, 1.54) is 6.42 Å². The van der Waals surface area contributed by atoms with Gasteiger partial charge in [-0.3, -0.25) is 0 Å². The Bertz CT molecular complexity index is 332. The van der Waals surface area contributed by atoms with Crippen molar-refractivity contribution < 1.29 is 4.74 Å². The van der Waals surface area contributed by atoms with Crippen molar-refractivity contribution in [2.45, 2.75) is 6.42 Å². The molecule has 4 heteroatoms. The van der Waals surface area contributed by atoms with E-state index in [0.29, 0.717) is 5.88 Å². The summed E-state index contributed by atoms with van der Waals surface area (Å²) in [5.74, 6) is 2.46. The molecule has 2 heterocycles. The van der Waals surface area contributed by atoms with E-state index in [-0.39, 0.29) is 0 Å². The predicted molar refractivity (Wildman–Crippen MR) is 64.9 cm³/mol. The summed E-state index contributed by atoms with van der Waals surface area (Å²) in [6, 6.07) is 5.91. The van der Waals surface area contributed by atoms with Gasteiger partial charge in [-0.1, -0.05) is 22.0 Å². The lowest BCUT2D eigenvalue weighted by atomic mass is 10.2. The lowest BCUT2D eigenvalue weighted by molar-refractivity contribution is 0.398. The maximum absolute atomic E-state index is 5.12. The number of aromatic nitrogens is 1. The van der Waals surface area contributed by atoms with Crippen LogP contribution in [0.2, 0.25) is 0 Å². The van der Waals surface area contributed by atoms with Gasteiger partial charge in [0.2, 0.25) is 5.88 Å². The Hall–Kier alpha value is -0.770. The molecule has 0 aliphatic carbocycles. The van der Waals surface area contributed by atoms with Crippen molar-refractivity contribution in [3.05, 3.63) is 18.2 Å². The van der Waals surface area contributed by atoms with E-state index < -0.39 is 0 Å². The molecular formula is C11H15BrN2O. The fourth-order valence-corrected chi connectivity index (χ4v) is 2.39. The Labute approximate surface area is 98.6 Å². The summed E-state index contributed by atoms with van der Waals surface area (Å²) in [6.07, 6.45) is 1.24. The number of alkyl halides is 1. The second kappa shape index (κ2) is 4.84. The topological polar surface area (TPSA) is 25.4 Å². The van der Waals surface area contributed by atoms with Crippen LogP contribution in [-0.4, -0.2) is 30.5 Å². The minimum atomic E-state index is 0.690. The highest BCUT2D eigenvalue weighted by molar-refractivity contribution is 9.09. The summed E-state index contributed by atoms with van der Waals surface area (Å²) in [5, 5.41) is 1.08. The molecule has 0 radical (unpaired) electrons. The molecule has 0 spiro atoms. The van der Waals surface area contributed by atoms with Crippen LogP contribution >= 0.6 is 15.9 Å². The largest absolute Gasteiger partial charge is 0.481 e. The first-order valence-corrected chi connectivity index (χ1v) is 6.27. The molecule has 1 aromatic rings. The number of hydrogen-bond acceptors (Lipinski definition) is 3. The van der Waals surface area contributed by atoms with Crippen LogP contribution in [0.3, 0.4) is 0 Å². The van der Waals surface area contributed by atoms with E-state index in [1.54, 1.807) is 7.11 Å². The molecule has 15 heavy (non-hydrogen) atoms. The van der Waals surface area contributed by atoms with Crippen molar-refractivity contribution in [3.8, 4) is 5.88 Å². The van der Waals surface area contributed by atoms with Crippen LogP contribution in [0.4, 0.5) is 5.82 Å². The summed E-state index contributed by atoms with van der Waals surface area (Å²) in [7, 11) is 1.65. The maximum atomic E-state index is 5.12. The van der Waals surface area contributed by atoms with E-state index in [9.17, 15) is 0 Å². The lowest BCUT2D eigenvalue weighted by Crippen LogP contribution is -2.21. The van der Waals surface area contributed by atoms with Gasteiger partial charge in [0.15, 0.2) is 0 Å². The predicted octanol–water partition coefficient (Wildman–Crippen LogP) is 2.31. The molecule has 3 nitrogen and oxygen atoms in total. The highest BCUT2D eigenvalue weighted by atomic mass is 79.9. The van der Waals surface area contributed by atoms with E-state index in [0.717, 1.165) is 30.2 Å². The maximum Gasteiger partial charge on any atom is 0.214 e. The van der Waals surface area contributed by atoms with Gasteiger partial charge in [0.25, 0.3) is 0 Å². The number of nitrogens with zero attached hydrogens (tertiary/aromatic N) is 2. The molecule has 1 atom stereocenters. The number of methoxy groups -OCH3 is 1. The fraction of sp³-hybridized carbons (Fsp3) is 0.545. The summed E-state index contributed by atoms with van der Waals surface area (Å²) < 4.78 is 5.12. The van der Waals surface area contributed by atoms with Crippen molar-refractivity contribution in [2.24, 2.45) is 5.92 Å². The average Bonchev–Trinajstić information content (AvgIpc) is 2.78. The standard InChI is InChI=1S/C11H15BrN2O/c1-15-11-4-2-3-10(13-11)14-6-5-9(7-12)8-14/h2-4,9H,5-8H2,1H3.